The maximum atomic E-state index is 11.9. The van der Waals surface area contributed by atoms with Crippen LogP contribution in [-0.2, 0) is 4.74 Å². The minimum absolute atomic E-state index is 0.514. The van der Waals surface area contributed by atoms with Crippen LogP contribution in [0.3, 0.4) is 0 Å². The Balaban J connectivity index is 2.26. The Kier molecular flexibility index (Phi) is 3.18. The second kappa shape index (κ2) is 4.53. The summed E-state index contributed by atoms with van der Waals surface area (Å²) in [6, 6.07) is 7.68. The number of nitrogens with one attached hydrogen (secondary N) is 1. The number of carbonyl (C=O) groups excluding carboxylic acids is 1. The number of nitrogens with zero attached hydrogens (tertiary/aromatic N) is 1. The Morgan fingerprint density at radius 3 is 2.68 bits per heavy atom. The van der Waals surface area contributed by atoms with Crippen LogP contribution in [-0.4, -0.2) is 17.4 Å². The van der Waals surface area contributed by atoms with E-state index in [0.717, 1.165) is 10.6 Å². The van der Waals surface area contributed by atoms with Gasteiger partial charge in [-0.3, -0.25) is 5.32 Å². The van der Waals surface area contributed by atoms with Crippen molar-refractivity contribution >= 4 is 12.2 Å². The molecule has 1 aliphatic rings. The molecule has 0 aliphatic carbocycles. The zero-order valence-corrected chi connectivity index (χ0v) is 11.4. The second-order valence-corrected chi connectivity index (χ2v) is 5.47. The van der Waals surface area contributed by atoms with Crippen molar-refractivity contribution in [3.63, 3.8) is 0 Å². The molecule has 100 valence electrons. The number of carbonyl (C=O) groups is 1. The van der Waals surface area contributed by atoms with E-state index >= 15 is 0 Å². The van der Waals surface area contributed by atoms with Gasteiger partial charge in [0.15, 0.2) is 5.66 Å². The maximum absolute atomic E-state index is 11.9. The first-order valence-electron chi connectivity index (χ1n) is 6.16. The van der Waals surface area contributed by atoms with Gasteiger partial charge in [-0.05, 0) is 39.0 Å². The molecule has 4 nitrogen and oxygen atoms in total. The number of rotatable bonds is 2. The minimum Gasteiger partial charge on any atom is -0.444 e. The molecule has 1 heterocycles. The molecule has 1 aliphatic heterocycles. The summed E-state index contributed by atoms with van der Waals surface area (Å²) < 4.78 is 5.25. The average molecular weight is 258 g/mol. The van der Waals surface area contributed by atoms with E-state index in [0.29, 0.717) is 0 Å². The molecule has 2 rings (SSSR count). The molecule has 1 N–H and O–H groups in total. The molecular formula is C15H18N2O2. The minimum atomic E-state index is -0.925. The quantitative estimate of drug-likeness (QED) is 0.817. The van der Waals surface area contributed by atoms with Crippen molar-refractivity contribution in [3.05, 3.63) is 47.5 Å². The molecule has 0 bridgehead atoms. The SMILES string of the molecule is C=CC1(NC(=O)OC(C)(C)C)C=c2ccccc2=N1. The van der Waals surface area contributed by atoms with Crippen molar-refractivity contribution in [3.8, 4) is 0 Å². The van der Waals surface area contributed by atoms with Crippen LogP contribution in [0.15, 0.2) is 41.9 Å². The summed E-state index contributed by atoms with van der Waals surface area (Å²) in [5.74, 6) is 0. The standard InChI is InChI=1S/C15H18N2O2/c1-5-15(17-13(18)19-14(2,3)4)10-11-8-6-7-9-12(11)16-15/h5-10H,1H2,2-4H3,(H,17,18). The maximum Gasteiger partial charge on any atom is 0.410 e. The van der Waals surface area contributed by atoms with Crippen LogP contribution >= 0.6 is 0 Å². The molecule has 4 heteroatoms. The molecule has 0 spiro atoms. The topological polar surface area (TPSA) is 50.7 Å². The molecule has 0 saturated heterocycles. The van der Waals surface area contributed by atoms with Crippen molar-refractivity contribution in [2.24, 2.45) is 4.99 Å². The highest BCUT2D eigenvalue weighted by molar-refractivity contribution is 5.72. The molecule has 19 heavy (non-hydrogen) atoms. The first-order valence-corrected chi connectivity index (χ1v) is 6.16. The first-order chi connectivity index (χ1) is 8.84. The summed E-state index contributed by atoms with van der Waals surface area (Å²) in [7, 11) is 0. The van der Waals surface area contributed by atoms with E-state index in [9.17, 15) is 4.79 Å². The molecular weight excluding hydrogens is 240 g/mol. The van der Waals surface area contributed by atoms with E-state index < -0.39 is 17.4 Å². The van der Waals surface area contributed by atoms with Crippen LogP contribution in [0, 0.1) is 0 Å². The number of alkyl carbamates (subject to hydrolysis) is 1. The van der Waals surface area contributed by atoms with Crippen LogP contribution in [0.4, 0.5) is 4.79 Å². The van der Waals surface area contributed by atoms with Crippen LogP contribution < -0.4 is 15.9 Å². The summed E-state index contributed by atoms with van der Waals surface area (Å²) in [5, 5.41) is 4.55. The molecule has 0 radical (unpaired) electrons. The lowest BCUT2D eigenvalue weighted by molar-refractivity contribution is 0.0501. The summed E-state index contributed by atoms with van der Waals surface area (Å²) in [4.78, 5) is 16.4. The third-order valence-electron chi connectivity index (χ3n) is 2.63. The lowest BCUT2D eigenvalue weighted by Gasteiger charge is -2.25. The number of benzene rings is 1. The molecule has 0 aromatic heterocycles. The average Bonchev–Trinajstić information content (AvgIpc) is 2.64. The zero-order chi connectivity index (χ0) is 14.1. The van der Waals surface area contributed by atoms with Gasteiger partial charge in [0.1, 0.15) is 5.60 Å². The van der Waals surface area contributed by atoms with Gasteiger partial charge in [-0.25, -0.2) is 9.79 Å². The summed E-state index contributed by atoms with van der Waals surface area (Å²) >= 11 is 0. The van der Waals surface area contributed by atoms with Crippen LogP contribution in [0.2, 0.25) is 0 Å². The number of para-hydroxylation sites is 1. The number of fused-ring (bicyclic) bond motifs is 1. The smallest absolute Gasteiger partial charge is 0.410 e. The van der Waals surface area contributed by atoms with Crippen molar-refractivity contribution in [1.29, 1.82) is 0 Å². The van der Waals surface area contributed by atoms with Gasteiger partial charge < -0.3 is 4.74 Å². The summed E-state index contributed by atoms with van der Waals surface area (Å²) in [6.07, 6.45) is 2.94. The summed E-state index contributed by atoms with van der Waals surface area (Å²) in [5.41, 5.74) is -1.47. The number of hydrogen-bond donors (Lipinski definition) is 1. The zero-order valence-electron chi connectivity index (χ0n) is 11.4. The fraction of sp³-hybridized carbons (Fsp3) is 0.333. The van der Waals surface area contributed by atoms with Crippen molar-refractivity contribution in [2.45, 2.75) is 32.0 Å². The van der Waals surface area contributed by atoms with Gasteiger partial charge in [0.2, 0.25) is 0 Å². The summed E-state index contributed by atoms with van der Waals surface area (Å²) in [6.45, 7) is 9.20. The van der Waals surface area contributed by atoms with E-state index in [1.54, 1.807) is 6.08 Å². The van der Waals surface area contributed by atoms with Gasteiger partial charge in [-0.1, -0.05) is 24.8 Å². The highest BCUT2D eigenvalue weighted by atomic mass is 16.6. The van der Waals surface area contributed by atoms with Gasteiger partial charge in [-0.15, -0.1) is 0 Å². The molecule has 0 fully saturated rings. The molecule has 1 atom stereocenters. The highest BCUT2D eigenvalue weighted by Gasteiger charge is 2.30. The van der Waals surface area contributed by atoms with Crippen molar-refractivity contribution < 1.29 is 9.53 Å². The van der Waals surface area contributed by atoms with Crippen molar-refractivity contribution in [2.75, 3.05) is 0 Å². The Morgan fingerprint density at radius 2 is 2.11 bits per heavy atom. The lowest BCUT2D eigenvalue weighted by atomic mass is 10.1. The number of ether oxygens (including phenoxy) is 1. The van der Waals surface area contributed by atoms with E-state index in [4.69, 9.17) is 4.74 Å². The highest BCUT2D eigenvalue weighted by Crippen LogP contribution is 2.14. The first kappa shape index (κ1) is 13.3. The molecule has 0 saturated carbocycles. The van der Waals surface area contributed by atoms with Gasteiger partial charge >= 0.3 is 6.09 Å². The largest absolute Gasteiger partial charge is 0.444 e. The predicted molar refractivity (Wildman–Crippen MR) is 74.0 cm³/mol. The Labute approximate surface area is 112 Å². The van der Waals surface area contributed by atoms with E-state index in [1.165, 1.54) is 0 Å². The Bertz CT molecular complexity index is 591. The molecule has 1 aromatic rings. The Hall–Kier alpha value is -2.10. The van der Waals surface area contributed by atoms with Gasteiger partial charge in [-0.2, -0.15) is 0 Å². The van der Waals surface area contributed by atoms with Gasteiger partial charge in [0.25, 0.3) is 0 Å². The lowest BCUT2D eigenvalue weighted by Crippen LogP contribution is -2.45. The second-order valence-electron chi connectivity index (χ2n) is 5.47. The molecule has 1 unspecified atom stereocenters. The van der Waals surface area contributed by atoms with E-state index in [1.807, 2.05) is 51.1 Å². The van der Waals surface area contributed by atoms with Gasteiger partial charge in [0, 0.05) is 5.22 Å². The number of amides is 1. The van der Waals surface area contributed by atoms with Crippen LogP contribution in [0.5, 0.6) is 0 Å². The Morgan fingerprint density at radius 1 is 1.42 bits per heavy atom. The van der Waals surface area contributed by atoms with Gasteiger partial charge in [0.05, 0.1) is 5.36 Å². The monoisotopic (exact) mass is 258 g/mol. The van der Waals surface area contributed by atoms with Crippen LogP contribution in [0.1, 0.15) is 20.8 Å². The normalized spacial score (nSPS) is 20.8. The number of hydrogen-bond acceptors (Lipinski definition) is 3. The molecule has 1 aromatic carbocycles. The third kappa shape index (κ3) is 3.02. The fourth-order valence-electron chi connectivity index (χ4n) is 1.87. The van der Waals surface area contributed by atoms with E-state index in [2.05, 4.69) is 16.9 Å². The third-order valence-corrected chi connectivity index (χ3v) is 2.63. The van der Waals surface area contributed by atoms with E-state index in [-0.39, 0.29) is 0 Å². The fourth-order valence-corrected chi connectivity index (χ4v) is 1.87. The predicted octanol–water partition coefficient (Wildman–Crippen LogP) is 1.51. The molecule has 1 amide bonds. The van der Waals surface area contributed by atoms with Crippen LogP contribution in [0.25, 0.3) is 6.08 Å². The van der Waals surface area contributed by atoms with Crippen molar-refractivity contribution in [1.82, 2.24) is 5.32 Å².